The van der Waals surface area contributed by atoms with Gasteiger partial charge in [-0.05, 0) is 66.5 Å². The first-order chi connectivity index (χ1) is 15.7. The molecule has 0 saturated carbocycles. The number of benzene rings is 1. The lowest BCUT2D eigenvalue weighted by molar-refractivity contribution is 0.0282. The van der Waals surface area contributed by atoms with E-state index < -0.39 is 11.2 Å². The predicted molar refractivity (Wildman–Crippen MR) is 130 cm³/mol. The highest BCUT2D eigenvalue weighted by atomic mass is 16.6. The molecule has 9 nitrogen and oxygen atoms in total. The molecule has 9 heteroatoms. The van der Waals surface area contributed by atoms with Gasteiger partial charge in [0.15, 0.2) is 0 Å². The zero-order valence-corrected chi connectivity index (χ0v) is 21.8. The number of nitrogens with zero attached hydrogens (tertiary/aromatic N) is 2. The van der Waals surface area contributed by atoms with E-state index in [9.17, 15) is 14.4 Å². The third-order valence-electron chi connectivity index (χ3n) is 4.26. The SMILES string of the molecule is CN(CCCOc1cc(C=O)cc(OCCCN(C)C(=O)OC(C)(C)C)c1)C(=O)OC(C)(C)C. The van der Waals surface area contributed by atoms with Crippen molar-refractivity contribution in [1.82, 2.24) is 9.80 Å². The van der Waals surface area contributed by atoms with Crippen molar-refractivity contribution >= 4 is 18.5 Å². The fourth-order valence-corrected chi connectivity index (χ4v) is 2.67. The summed E-state index contributed by atoms with van der Waals surface area (Å²) in [4.78, 5) is 38.3. The molecule has 34 heavy (non-hydrogen) atoms. The van der Waals surface area contributed by atoms with Crippen molar-refractivity contribution in [3.8, 4) is 11.5 Å². The van der Waals surface area contributed by atoms with E-state index in [1.807, 2.05) is 41.5 Å². The van der Waals surface area contributed by atoms with Crippen LogP contribution in [0.25, 0.3) is 0 Å². The van der Waals surface area contributed by atoms with Crippen LogP contribution in [0.3, 0.4) is 0 Å². The van der Waals surface area contributed by atoms with E-state index in [0.717, 1.165) is 6.29 Å². The first-order valence-electron chi connectivity index (χ1n) is 11.4. The molecule has 0 aliphatic rings. The topological polar surface area (TPSA) is 94.6 Å². The van der Waals surface area contributed by atoms with Crippen molar-refractivity contribution in [2.75, 3.05) is 40.4 Å². The molecule has 0 radical (unpaired) electrons. The molecule has 0 spiro atoms. The van der Waals surface area contributed by atoms with Gasteiger partial charge in [-0.3, -0.25) is 4.79 Å². The van der Waals surface area contributed by atoms with Gasteiger partial charge in [-0.2, -0.15) is 0 Å². The summed E-state index contributed by atoms with van der Waals surface area (Å²) in [6, 6.07) is 4.98. The van der Waals surface area contributed by atoms with Crippen molar-refractivity contribution in [2.45, 2.75) is 65.6 Å². The first kappa shape index (κ1) is 29.1. The second-order valence-electron chi connectivity index (χ2n) is 10.1. The summed E-state index contributed by atoms with van der Waals surface area (Å²) in [7, 11) is 3.35. The van der Waals surface area contributed by atoms with E-state index in [0.29, 0.717) is 56.2 Å². The van der Waals surface area contributed by atoms with Crippen LogP contribution < -0.4 is 9.47 Å². The van der Waals surface area contributed by atoms with E-state index in [1.54, 1.807) is 32.3 Å². The Labute approximate surface area is 203 Å². The average Bonchev–Trinajstić information content (AvgIpc) is 2.71. The molecule has 0 atom stereocenters. The molecule has 1 aromatic rings. The maximum Gasteiger partial charge on any atom is 0.410 e. The highest BCUT2D eigenvalue weighted by Crippen LogP contribution is 2.23. The molecule has 0 bridgehead atoms. The summed E-state index contributed by atoms with van der Waals surface area (Å²) in [5.74, 6) is 1.01. The minimum atomic E-state index is -0.543. The predicted octanol–water partition coefficient (Wildman–Crippen LogP) is 4.77. The number of hydrogen-bond acceptors (Lipinski definition) is 7. The molecule has 0 aliphatic heterocycles. The van der Waals surface area contributed by atoms with Gasteiger partial charge in [-0.25, -0.2) is 9.59 Å². The van der Waals surface area contributed by atoms with E-state index in [4.69, 9.17) is 18.9 Å². The van der Waals surface area contributed by atoms with Crippen molar-refractivity contribution in [3.63, 3.8) is 0 Å². The fourth-order valence-electron chi connectivity index (χ4n) is 2.67. The maximum atomic E-state index is 12.0. The van der Waals surface area contributed by atoms with E-state index in [2.05, 4.69) is 0 Å². The molecule has 1 aromatic carbocycles. The third-order valence-corrected chi connectivity index (χ3v) is 4.26. The van der Waals surface area contributed by atoms with Gasteiger partial charge in [-0.1, -0.05) is 0 Å². The van der Waals surface area contributed by atoms with Crippen LogP contribution in [-0.2, 0) is 9.47 Å². The van der Waals surface area contributed by atoms with Gasteiger partial charge in [0, 0.05) is 38.8 Å². The number of carbonyl (C=O) groups excluding carboxylic acids is 3. The van der Waals surface area contributed by atoms with Gasteiger partial charge in [0.05, 0.1) is 13.2 Å². The van der Waals surface area contributed by atoms with E-state index >= 15 is 0 Å². The number of carbonyl (C=O) groups is 3. The molecular weight excluding hydrogens is 440 g/mol. The summed E-state index contributed by atoms with van der Waals surface area (Å²) in [6.45, 7) is 12.6. The molecule has 2 amide bonds. The number of aldehydes is 1. The van der Waals surface area contributed by atoms with Gasteiger partial charge >= 0.3 is 12.2 Å². The van der Waals surface area contributed by atoms with Gasteiger partial charge in [0.1, 0.15) is 29.0 Å². The molecule has 192 valence electrons. The quantitative estimate of drug-likeness (QED) is 0.332. The van der Waals surface area contributed by atoms with Crippen molar-refractivity contribution in [2.24, 2.45) is 0 Å². The Hall–Kier alpha value is -2.97. The van der Waals surface area contributed by atoms with Gasteiger partial charge in [-0.15, -0.1) is 0 Å². The lowest BCUT2D eigenvalue weighted by atomic mass is 10.2. The molecule has 0 saturated heterocycles. The van der Waals surface area contributed by atoms with Gasteiger partial charge < -0.3 is 28.7 Å². The van der Waals surface area contributed by atoms with Crippen LogP contribution >= 0.6 is 0 Å². The Bertz CT molecular complexity index is 752. The smallest absolute Gasteiger partial charge is 0.410 e. The molecule has 0 aliphatic carbocycles. The first-order valence-corrected chi connectivity index (χ1v) is 11.4. The molecule has 0 N–H and O–H groups in total. The Morgan fingerprint density at radius 3 is 1.47 bits per heavy atom. The molecule has 1 rings (SSSR count). The third kappa shape index (κ3) is 12.3. The number of ether oxygens (including phenoxy) is 4. The Morgan fingerprint density at radius 1 is 0.765 bits per heavy atom. The van der Waals surface area contributed by atoms with E-state index in [-0.39, 0.29) is 12.2 Å². The lowest BCUT2D eigenvalue weighted by Gasteiger charge is -2.24. The summed E-state index contributed by atoms with van der Waals surface area (Å²) in [5.41, 5.74) is -0.652. The molecule has 0 unspecified atom stereocenters. The van der Waals surface area contributed by atoms with Crippen LogP contribution in [0.1, 0.15) is 64.7 Å². The van der Waals surface area contributed by atoms with Crippen molar-refractivity contribution in [1.29, 1.82) is 0 Å². The average molecular weight is 481 g/mol. The number of hydrogen-bond donors (Lipinski definition) is 0. The van der Waals surface area contributed by atoms with Crippen LogP contribution in [0, 0.1) is 0 Å². The maximum absolute atomic E-state index is 12.0. The standard InChI is InChI=1S/C25H40N2O7/c1-24(2,3)33-22(29)26(7)11-9-13-31-20-15-19(18-28)16-21(17-20)32-14-10-12-27(8)23(30)34-25(4,5)6/h15-18H,9-14H2,1-8H3. The molecule has 0 fully saturated rings. The van der Waals surface area contributed by atoms with Crippen LogP contribution in [-0.4, -0.2) is 79.9 Å². The van der Waals surface area contributed by atoms with Crippen molar-refractivity contribution in [3.05, 3.63) is 23.8 Å². The highest BCUT2D eigenvalue weighted by molar-refractivity contribution is 5.76. The highest BCUT2D eigenvalue weighted by Gasteiger charge is 2.20. The summed E-state index contributed by atoms with van der Waals surface area (Å²) >= 11 is 0. The van der Waals surface area contributed by atoms with Crippen LogP contribution in [0.2, 0.25) is 0 Å². The molecule has 0 aromatic heterocycles. The number of amides is 2. The molecular formula is C25H40N2O7. The summed E-state index contributed by atoms with van der Waals surface area (Å²) in [5, 5.41) is 0. The second-order valence-corrected chi connectivity index (χ2v) is 10.1. The summed E-state index contributed by atoms with van der Waals surface area (Å²) in [6.07, 6.45) is 1.14. The number of rotatable bonds is 11. The van der Waals surface area contributed by atoms with Gasteiger partial charge in [0.25, 0.3) is 0 Å². The summed E-state index contributed by atoms with van der Waals surface area (Å²) < 4.78 is 22.1. The van der Waals surface area contributed by atoms with Gasteiger partial charge in [0.2, 0.25) is 0 Å². The normalized spacial score (nSPS) is 11.4. The van der Waals surface area contributed by atoms with Crippen LogP contribution in [0.4, 0.5) is 9.59 Å². The van der Waals surface area contributed by atoms with Crippen LogP contribution in [0.5, 0.6) is 11.5 Å². The molecule has 0 heterocycles. The largest absolute Gasteiger partial charge is 0.493 e. The minimum absolute atomic E-state index is 0.357. The fraction of sp³-hybridized carbons (Fsp3) is 0.640. The zero-order valence-electron chi connectivity index (χ0n) is 21.8. The monoisotopic (exact) mass is 480 g/mol. The Kier molecular flexibility index (Phi) is 11.2. The van der Waals surface area contributed by atoms with Crippen molar-refractivity contribution < 1.29 is 33.3 Å². The lowest BCUT2D eigenvalue weighted by Crippen LogP contribution is -2.35. The Morgan fingerprint density at radius 2 is 1.15 bits per heavy atom. The minimum Gasteiger partial charge on any atom is -0.493 e. The second kappa shape index (κ2) is 13.1. The van der Waals surface area contributed by atoms with Crippen LogP contribution in [0.15, 0.2) is 18.2 Å². The zero-order chi connectivity index (χ0) is 25.9. The van der Waals surface area contributed by atoms with E-state index in [1.165, 1.54) is 9.80 Å². The Balaban J connectivity index is 2.48.